The van der Waals surface area contributed by atoms with Crippen LogP contribution in [-0.2, 0) is 14.8 Å². The number of carbonyl (C=O) groups excluding carboxylic acids is 1. The van der Waals surface area contributed by atoms with Gasteiger partial charge in [0.25, 0.3) is 10.0 Å². The van der Waals surface area contributed by atoms with E-state index in [1.165, 1.54) is 7.05 Å². The number of ether oxygens (including phenoxy) is 2. The van der Waals surface area contributed by atoms with Crippen molar-refractivity contribution in [3.63, 3.8) is 0 Å². The van der Waals surface area contributed by atoms with E-state index in [0.29, 0.717) is 30.1 Å². The van der Waals surface area contributed by atoms with Crippen LogP contribution in [0, 0.1) is 17.6 Å². The molecule has 0 unspecified atom stereocenters. The molecular weight excluding hydrogens is 586 g/mol. The molecule has 3 aromatic rings. The second kappa shape index (κ2) is 11.8. The summed E-state index contributed by atoms with van der Waals surface area (Å²) in [7, 11) is -3.27. The Kier molecular flexibility index (Phi) is 8.86. The summed E-state index contributed by atoms with van der Waals surface area (Å²) in [5.74, 6) is -3.05. The summed E-state index contributed by atoms with van der Waals surface area (Å²) in [6, 6.07) is 8.60. The van der Waals surface area contributed by atoms with Crippen LogP contribution in [0.25, 0.3) is 0 Å². The lowest BCUT2D eigenvalue weighted by Gasteiger charge is -2.39. The molecule has 40 heavy (non-hydrogen) atoms. The van der Waals surface area contributed by atoms with Crippen LogP contribution < -0.4 is 9.04 Å². The predicted octanol–water partition coefficient (Wildman–Crippen LogP) is 5.71. The third-order valence-electron chi connectivity index (χ3n) is 6.38. The van der Waals surface area contributed by atoms with Crippen molar-refractivity contribution >= 4 is 44.4 Å². The van der Waals surface area contributed by atoms with Gasteiger partial charge in [0, 0.05) is 54.7 Å². The van der Waals surface area contributed by atoms with Gasteiger partial charge in [-0.25, -0.2) is 31.3 Å². The number of amides is 1. The first-order valence-corrected chi connectivity index (χ1v) is 15.0. The molecule has 14 heteroatoms. The summed E-state index contributed by atoms with van der Waals surface area (Å²) in [5.41, 5.74) is 0.290. The summed E-state index contributed by atoms with van der Waals surface area (Å²) in [6.45, 7) is 5.96. The first-order chi connectivity index (χ1) is 18.8. The number of hydrogen-bond donors (Lipinski definition) is 0. The molecule has 216 valence electrons. The van der Waals surface area contributed by atoms with Crippen molar-refractivity contribution < 1.29 is 31.5 Å². The lowest BCUT2D eigenvalue weighted by Crippen LogP contribution is -2.46. The van der Waals surface area contributed by atoms with Gasteiger partial charge in [-0.05, 0) is 50.8 Å². The molecular formula is C26H29ClF2N4O5S2. The molecule has 1 amide bonds. The molecule has 1 aliphatic heterocycles. The summed E-state index contributed by atoms with van der Waals surface area (Å²) < 4.78 is 71.6. The normalized spacial score (nSPS) is 17.9. The molecule has 1 saturated heterocycles. The SMILES string of the molecule is CN(c1ncns1)S(=O)(=O)c1cc(F)c(OC[C@H]2CN(C(=O)OC(C)(C)C)CC[C@@H]2c2ccc(Cl)cc2)cc1F. The fraction of sp³-hybridized carbons (Fsp3) is 0.423. The number of likely N-dealkylation sites (tertiary alicyclic amines) is 1. The zero-order valence-corrected chi connectivity index (χ0v) is 24.7. The largest absolute Gasteiger partial charge is 0.490 e. The maximum Gasteiger partial charge on any atom is 0.410 e. The van der Waals surface area contributed by atoms with E-state index in [1.807, 2.05) is 12.1 Å². The number of benzene rings is 2. The first kappa shape index (κ1) is 29.9. The molecule has 0 bridgehead atoms. The summed E-state index contributed by atoms with van der Waals surface area (Å²) >= 11 is 6.85. The van der Waals surface area contributed by atoms with Gasteiger partial charge in [0.1, 0.15) is 22.6 Å². The highest BCUT2D eigenvalue weighted by atomic mass is 35.5. The van der Waals surface area contributed by atoms with Gasteiger partial charge in [0.2, 0.25) is 5.13 Å². The van der Waals surface area contributed by atoms with E-state index < -0.39 is 44.0 Å². The number of carbonyl (C=O) groups is 1. The molecule has 0 radical (unpaired) electrons. The van der Waals surface area contributed by atoms with E-state index in [9.17, 15) is 13.2 Å². The van der Waals surface area contributed by atoms with Crippen LogP contribution >= 0.6 is 23.1 Å². The lowest BCUT2D eigenvalue weighted by molar-refractivity contribution is 0.0110. The van der Waals surface area contributed by atoms with Gasteiger partial charge in [-0.15, -0.1) is 0 Å². The number of rotatable bonds is 7. The van der Waals surface area contributed by atoms with Gasteiger partial charge < -0.3 is 14.4 Å². The van der Waals surface area contributed by atoms with Gasteiger partial charge >= 0.3 is 6.09 Å². The molecule has 0 saturated carbocycles. The van der Waals surface area contributed by atoms with Crippen molar-refractivity contribution in [2.24, 2.45) is 5.92 Å². The quantitative estimate of drug-likeness (QED) is 0.336. The molecule has 2 aromatic carbocycles. The Morgan fingerprint density at radius 2 is 1.90 bits per heavy atom. The smallest absolute Gasteiger partial charge is 0.410 e. The molecule has 1 fully saturated rings. The Labute approximate surface area is 240 Å². The minimum atomic E-state index is -4.45. The van der Waals surface area contributed by atoms with Crippen molar-refractivity contribution in [2.75, 3.05) is 31.0 Å². The zero-order valence-electron chi connectivity index (χ0n) is 22.3. The van der Waals surface area contributed by atoms with Crippen LogP contribution in [0.5, 0.6) is 5.75 Å². The molecule has 0 aliphatic carbocycles. The number of piperidine rings is 1. The lowest BCUT2D eigenvalue weighted by atomic mass is 9.81. The molecule has 1 aliphatic rings. The molecule has 1 aromatic heterocycles. The highest BCUT2D eigenvalue weighted by molar-refractivity contribution is 7.93. The second-order valence-electron chi connectivity index (χ2n) is 10.4. The molecule has 0 N–H and O–H groups in total. The highest BCUT2D eigenvalue weighted by Gasteiger charge is 2.35. The van der Waals surface area contributed by atoms with Gasteiger partial charge in [0.05, 0.1) is 6.61 Å². The monoisotopic (exact) mass is 614 g/mol. The third kappa shape index (κ3) is 6.81. The van der Waals surface area contributed by atoms with E-state index >= 15 is 8.78 Å². The minimum Gasteiger partial charge on any atom is -0.490 e. The summed E-state index contributed by atoms with van der Waals surface area (Å²) in [4.78, 5) is 17.3. The molecule has 2 atom stereocenters. The van der Waals surface area contributed by atoms with Gasteiger partial charge in [-0.2, -0.15) is 4.37 Å². The number of nitrogens with zero attached hydrogens (tertiary/aromatic N) is 4. The van der Waals surface area contributed by atoms with E-state index in [2.05, 4.69) is 9.36 Å². The van der Waals surface area contributed by atoms with E-state index in [0.717, 1.165) is 27.7 Å². The summed E-state index contributed by atoms with van der Waals surface area (Å²) in [5, 5.41) is 0.576. The van der Waals surface area contributed by atoms with Gasteiger partial charge in [-0.3, -0.25) is 0 Å². The second-order valence-corrected chi connectivity index (χ2v) is 13.5. The Bertz CT molecular complexity index is 1450. The number of sulfonamides is 1. The fourth-order valence-electron chi connectivity index (χ4n) is 4.41. The van der Waals surface area contributed by atoms with Crippen molar-refractivity contribution in [1.29, 1.82) is 0 Å². The predicted molar refractivity (Wildman–Crippen MR) is 147 cm³/mol. The van der Waals surface area contributed by atoms with Crippen molar-refractivity contribution in [3.8, 4) is 5.75 Å². The Morgan fingerprint density at radius 1 is 1.20 bits per heavy atom. The first-order valence-electron chi connectivity index (χ1n) is 12.4. The third-order valence-corrected chi connectivity index (χ3v) is 9.25. The Morgan fingerprint density at radius 3 is 2.52 bits per heavy atom. The number of hydrogen-bond acceptors (Lipinski definition) is 8. The summed E-state index contributed by atoms with van der Waals surface area (Å²) in [6.07, 6.45) is 1.27. The fourth-order valence-corrected chi connectivity index (χ4v) is 6.44. The van der Waals surface area contributed by atoms with Crippen LogP contribution in [0.1, 0.15) is 38.7 Å². The Balaban J connectivity index is 1.56. The molecule has 0 spiro atoms. The standard InChI is InChI=1S/C26H29ClF2N4O5S2/c1-26(2,3)38-25(34)33-10-9-19(16-5-7-18(27)8-6-16)17(13-33)14-37-22-11-21(29)23(12-20(22)28)40(35,36)32(4)24-30-15-31-39-24/h5-8,11-12,15,17,19H,9-10,13-14H2,1-4H3/t17-,19-/m1/s1. The maximum absolute atomic E-state index is 15.1. The Hall–Kier alpha value is -3.03. The molecule has 9 nitrogen and oxygen atoms in total. The van der Waals surface area contributed by atoms with Crippen LogP contribution in [0.4, 0.5) is 18.7 Å². The van der Waals surface area contributed by atoms with Crippen LogP contribution in [0.3, 0.4) is 0 Å². The van der Waals surface area contributed by atoms with Gasteiger partial charge in [0.15, 0.2) is 11.6 Å². The highest BCUT2D eigenvalue weighted by Crippen LogP contribution is 2.36. The average molecular weight is 615 g/mol. The van der Waals surface area contributed by atoms with Crippen LogP contribution in [-0.4, -0.2) is 61.1 Å². The van der Waals surface area contributed by atoms with E-state index in [-0.39, 0.29) is 30.1 Å². The number of anilines is 1. The van der Waals surface area contributed by atoms with Crippen molar-refractivity contribution in [1.82, 2.24) is 14.3 Å². The van der Waals surface area contributed by atoms with Gasteiger partial charge in [-0.1, -0.05) is 23.7 Å². The van der Waals surface area contributed by atoms with E-state index in [4.69, 9.17) is 21.1 Å². The zero-order chi connectivity index (χ0) is 29.2. The number of aromatic nitrogens is 2. The molecule has 4 rings (SSSR count). The van der Waals surface area contributed by atoms with Crippen LogP contribution in [0.15, 0.2) is 47.6 Å². The molecule has 2 heterocycles. The van der Waals surface area contributed by atoms with E-state index in [1.54, 1.807) is 37.8 Å². The minimum absolute atomic E-state index is 0.000200. The topological polar surface area (TPSA) is 102 Å². The van der Waals surface area contributed by atoms with Crippen molar-refractivity contribution in [3.05, 3.63) is 64.9 Å². The maximum atomic E-state index is 15.1. The van der Waals surface area contributed by atoms with Crippen molar-refractivity contribution in [2.45, 2.75) is 43.6 Å². The number of halogens is 3. The average Bonchev–Trinajstić information content (AvgIpc) is 3.43. The van der Waals surface area contributed by atoms with Crippen LogP contribution in [0.2, 0.25) is 5.02 Å².